The first-order chi connectivity index (χ1) is 8.10. The lowest BCUT2D eigenvalue weighted by atomic mass is 10.2. The Morgan fingerprint density at radius 1 is 1.41 bits per heavy atom. The molecule has 0 aliphatic rings. The number of amides is 1. The number of aliphatic carboxylic acids is 1. The highest BCUT2D eigenvalue weighted by Gasteiger charge is 2.14. The van der Waals surface area contributed by atoms with Crippen molar-refractivity contribution < 1.29 is 19.4 Å². The number of carboxylic acid groups (broad SMARTS) is 1. The van der Waals surface area contributed by atoms with Crippen LogP contribution in [0, 0.1) is 0 Å². The zero-order valence-electron chi connectivity index (χ0n) is 10.5. The second kappa shape index (κ2) is 10.0. The van der Waals surface area contributed by atoms with E-state index in [1.807, 2.05) is 7.05 Å². The van der Waals surface area contributed by atoms with Crippen LogP contribution in [-0.2, 0) is 14.3 Å². The van der Waals surface area contributed by atoms with Crippen molar-refractivity contribution in [3.8, 4) is 0 Å². The predicted octanol–water partition coefficient (Wildman–Crippen LogP) is -0.0180. The van der Waals surface area contributed by atoms with E-state index in [0.717, 1.165) is 13.0 Å². The molecule has 0 saturated carbocycles. The zero-order chi connectivity index (χ0) is 13.1. The number of nitrogens with one attached hydrogen (secondary N) is 2. The smallest absolute Gasteiger partial charge is 0.306 e. The van der Waals surface area contributed by atoms with Gasteiger partial charge in [-0.1, -0.05) is 0 Å². The first-order valence-corrected chi connectivity index (χ1v) is 5.84. The molecule has 0 aromatic rings. The third-order valence-electron chi connectivity index (χ3n) is 2.16. The molecule has 0 aliphatic carbocycles. The van der Waals surface area contributed by atoms with Gasteiger partial charge in [0.2, 0.25) is 5.91 Å². The number of carbonyl (C=O) groups is 2. The molecule has 0 saturated heterocycles. The Morgan fingerprint density at radius 3 is 2.65 bits per heavy atom. The second-order valence-electron chi connectivity index (χ2n) is 3.69. The first-order valence-electron chi connectivity index (χ1n) is 5.84. The summed E-state index contributed by atoms with van der Waals surface area (Å²) in [5.74, 6) is -0.997. The highest BCUT2D eigenvalue weighted by Crippen LogP contribution is 1.98. The molecular formula is C11H22N2O4. The molecule has 1 atom stereocenters. The molecule has 3 N–H and O–H groups in total. The molecule has 0 bridgehead atoms. The number of ether oxygens (including phenoxy) is 1. The lowest BCUT2D eigenvalue weighted by molar-refractivity contribution is -0.140. The molecule has 6 nitrogen and oxygen atoms in total. The summed E-state index contributed by atoms with van der Waals surface area (Å²) < 4.78 is 5.22. The fourth-order valence-electron chi connectivity index (χ4n) is 1.36. The van der Waals surface area contributed by atoms with Crippen LogP contribution in [0.15, 0.2) is 0 Å². The van der Waals surface area contributed by atoms with Crippen molar-refractivity contribution in [2.24, 2.45) is 0 Å². The van der Waals surface area contributed by atoms with Crippen molar-refractivity contribution in [1.82, 2.24) is 10.6 Å². The summed E-state index contributed by atoms with van der Waals surface area (Å²) >= 11 is 0. The fourth-order valence-corrected chi connectivity index (χ4v) is 1.36. The van der Waals surface area contributed by atoms with Crippen molar-refractivity contribution >= 4 is 11.9 Å². The van der Waals surface area contributed by atoms with Gasteiger partial charge >= 0.3 is 5.97 Å². The molecule has 6 heteroatoms. The van der Waals surface area contributed by atoms with Crippen LogP contribution in [0.2, 0.25) is 0 Å². The minimum absolute atomic E-state index is 0.0738. The largest absolute Gasteiger partial charge is 0.481 e. The van der Waals surface area contributed by atoms with Gasteiger partial charge in [0.25, 0.3) is 0 Å². The van der Waals surface area contributed by atoms with Gasteiger partial charge in [-0.15, -0.1) is 0 Å². The molecule has 0 heterocycles. The summed E-state index contributed by atoms with van der Waals surface area (Å²) in [4.78, 5) is 21.9. The molecule has 17 heavy (non-hydrogen) atoms. The van der Waals surface area contributed by atoms with E-state index in [1.54, 1.807) is 6.92 Å². The highest BCUT2D eigenvalue weighted by molar-refractivity contribution is 5.76. The number of carboxylic acids is 1. The van der Waals surface area contributed by atoms with E-state index in [1.165, 1.54) is 0 Å². The van der Waals surface area contributed by atoms with E-state index in [9.17, 15) is 9.59 Å². The van der Waals surface area contributed by atoms with Gasteiger partial charge in [-0.2, -0.15) is 0 Å². The maximum atomic E-state index is 11.4. The van der Waals surface area contributed by atoms with E-state index >= 15 is 0 Å². The first kappa shape index (κ1) is 15.9. The average Bonchev–Trinajstić information content (AvgIpc) is 2.26. The molecule has 0 rings (SSSR count). The number of hydrogen-bond donors (Lipinski definition) is 3. The van der Waals surface area contributed by atoms with Crippen LogP contribution >= 0.6 is 0 Å². The van der Waals surface area contributed by atoms with Gasteiger partial charge in [-0.3, -0.25) is 9.59 Å². The van der Waals surface area contributed by atoms with Crippen LogP contribution in [-0.4, -0.2) is 49.8 Å². The molecule has 100 valence electrons. The van der Waals surface area contributed by atoms with Crippen LogP contribution in [0.3, 0.4) is 0 Å². The second-order valence-corrected chi connectivity index (χ2v) is 3.69. The molecule has 1 unspecified atom stereocenters. The normalized spacial score (nSPS) is 12.1. The predicted molar refractivity (Wildman–Crippen MR) is 63.8 cm³/mol. The van der Waals surface area contributed by atoms with Gasteiger partial charge in [0, 0.05) is 19.6 Å². The highest BCUT2D eigenvalue weighted by atomic mass is 16.5. The molecule has 0 aromatic heterocycles. The van der Waals surface area contributed by atoms with E-state index in [-0.39, 0.29) is 18.9 Å². The molecular weight excluding hydrogens is 224 g/mol. The third kappa shape index (κ3) is 9.77. The Hall–Kier alpha value is -1.14. The van der Waals surface area contributed by atoms with E-state index in [4.69, 9.17) is 9.84 Å². The monoisotopic (exact) mass is 246 g/mol. The minimum atomic E-state index is -0.923. The topological polar surface area (TPSA) is 87.7 Å². The maximum absolute atomic E-state index is 11.4. The summed E-state index contributed by atoms with van der Waals surface area (Å²) in [7, 11) is 1.83. The quantitative estimate of drug-likeness (QED) is 0.472. The Morgan fingerprint density at radius 2 is 2.12 bits per heavy atom. The fraction of sp³-hybridized carbons (Fsp3) is 0.818. The van der Waals surface area contributed by atoms with Gasteiger partial charge < -0.3 is 20.5 Å². The molecule has 0 spiro atoms. The molecule has 0 aromatic carbocycles. The van der Waals surface area contributed by atoms with Crippen LogP contribution < -0.4 is 10.6 Å². The molecule has 1 amide bonds. The van der Waals surface area contributed by atoms with Crippen molar-refractivity contribution in [3.63, 3.8) is 0 Å². The van der Waals surface area contributed by atoms with Crippen molar-refractivity contribution in [2.45, 2.75) is 32.3 Å². The number of hydrogen-bond acceptors (Lipinski definition) is 4. The van der Waals surface area contributed by atoms with Crippen LogP contribution in [0.4, 0.5) is 0 Å². The summed E-state index contributed by atoms with van der Waals surface area (Å²) in [6, 6.07) is 0. The SMILES string of the molecule is CCOC(CNC(=O)CCCNC)CC(=O)O. The maximum Gasteiger partial charge on any atom is 0.306 e. The van der Waals surface area contributed by atoms with Crippen LogP contribution in [0.5, 0.6) is 0 Å². The standard InChI is InChI=1S/C11H22N2O4/c1-3-17-9(7-11(15)16)8-13-10(14)5-4-6-12-2/h9,12H,3-8H2,1-2H3,(H,13,14)(H,15,16). The summed E-state index contributed by atoms with van der Waals surface area (Å²) in [5, 5.41) is 14.3. The lowest BCUT2D eigenvalue weighted by Gasteiger charge is -2.15. The van der Waals surface area contributed by atoms with Gasteiger partial charge in [-0.25, -0.2) is 0 Å². The minimum Gasteiger partial charge on any atom is -0.481 e. The van der Waals surface area contributed by atoms with E-state index in [0.29, 0.717) is 13.0 Å². The van der Waals surface area contributed by atoms with Crippen LogP contribution in [0.1, 0.15) is 26.2 Å². The van der Waals surface area contributed by atoms with Crippen molar-refractivity contribution in [2.75, 3.05) is 26.7 Å². The molecule has 0 fully saturated rings. The Balaban J connectivity index is 3.78. The van der Waals surface area contributed by atoms with Crippen molar-refractivity contribution in [3.05, 3.63) is 0 Å². The molecule has 0 radical (unpaired) electrons. The van der Waals surface area contributed by atoms with E-state index in [2.05, 4.69) is 10.6 Å². The number of rotatable bonds is 10. The van der Waals surface area contributed by atoms with Crippen LogP contribution in [0.25, 0.3) is 0 Å². The Kier molecular flexibility index (Phi) is 9.37. The van der Waals surface area contributed by atoms with Gasteiger partial charge in [-0.05, 0) is 26.9 Å². The zero-order valence-corrected chi connectivity index (χ0v) is 10.5. The van der Waals surface area contributed by atoms with Gasteiger partial charge in [0.1, 0.15) is 0 Å². The summed E-state index contributed by atoms with van der Waals surface area (Å²) in [6.45, 7) is 3.27. The van der Waals surface area contributed by atoms with Gasteiger partial charge in [0.05, 0.1) is 12.5 Å². The van der Waals surface area contributed by atoms with Gasteiger partial charge in [0.15, 0.2) is 0 Å². The third-order valence-corrected chi connectivity index (χ3v) is 2.16. The Labute approximate surface area is 102 Å². The Bertz CT molecular complexity index is 234. The van der Waals surface area contributed by atoms with Crippen molar-refractivity contribution in [1.29, 1.82) is 0 Å². The number of carbonyl (C=O) groups excluding carboxylic acids is 1. The molecule has 0 aliphatic heterocycles. The summed E-state index contributed by atoms with van der Waals surface area (Å²) in [5.41, 5.74) is 0. The summed E-state index contributed by atoms with van der Waals surface area (Å²) in [6.07, 6.45) is 0.656. The van der Waals surface area contributed by atoms with E-state index < -0.39 is 12.1 Å². The average molecular weight is 246 g/mol. The lowest BCUT2D eigenvalue weighted by Crippen LogP contribution is -2.35.